The second-order valence-corrected chi connectivity index (χ2v) is 4.82. The number of esters is 1. The zero-order chi connectivity index (χ0) is 14.2. The average molecular weight is 320 g/mol. The quantitative estimate of drug-likeness (QED) is 0.637. The lowest BCUT2D eigenvalue weighted by Crippen LogP contribution is -2.44. The van der Waals surface area contributed by atoms with Gasteiger partial charge in [0.05, 0.1) is 6.61 Å². The summed E-state index contributed by atoms with van der Waals surface area (Å²) >= 11 is 2.92. The molecule has 0 rings (SSSR count). The van der Waals surface area contributed by atoms with Crippen molar-refractivity contribution in [3.05, 3.63) is 0 Å². The second kappa shape index (κ2) is 7.98. The topological polar surface area (TPSA) is 64.6 Å². The number of halogens is 1. The van der Waals surface area contributed by atoms with E-state index in [2.05, 4.69) is 32.0 Å². The predicted octanol–water partition coefficient (Wildman–Crippen LogP) is 2.19. The minimum Gasteiger partial charge on any atom is -0.464 e. The number of alkyl carbamates (subject to hydrolysis) is 1. The van der Waals surface area contributed by atoms with Crippen molar-refractivity contribution >= 4 is 28.0 Å². The van der Waals surface area contributed by atoms with Crippen LogP contribution in [0.1, 0.15) is 34.1 Å². The molecular formula is C12H18BrNO4. The Balaban J connectivity index is 4.52. The van der Waals surface area contributed by atoms with Gasteiger partial charge < -0.3 is 14.8 Å². The van der Waals surface area contributed by atoms with Crippen molar-refractivity contribution in [1.29, 1.82) is 0 Å². The number of rotatable bonds is 4. The number of hydrogen-bond donors (Lipinski definition) is 1. The molecule has 0 saturated heterocycles. The molecule has 0 aromatic carbocycles. The van der Waals surface area contributed by atoms with Gasteiger partial charge in [-0.25, -0.2) is 9.59 Å². The highest BCUT2D eigenvalue weighted by molar-refractivity contribution is 9.12. The number of ether oxygens (including phenoxy) is 2. The molecule has 1 amide bonds. The molecule has 1 unspecified atom stereocenters. The summed E-state index contributed by atoms with van der Waals surface area (Å²) in [4.78, 5) is 25.6. The summed E-state index contributed by atoms with van der Waals surface area (Å²) in [6.45, 7) is 7.16. The smallest absolute Gasteiger partial charge is 0.408 e. The van der Waals surface area contributed by atoms with E-state index in [-0.39, 0.29) is 13.0 Å². The van der Waals surface area contributed by atoms with E-state index in [1.54, 1.807) is 27.7 Å². The molecule has 0 bridgehead atoms. The monoisotopic (exact) mass is 319 g/mol. The first-order chi connectivity index (χ1) is 8.30. The minimum atomic E-state index is -0.829. The number of hydrogen-bond acceptors (Lipinski definition) is 4. The molecule has 0 radical (unpaired) electrons. The Morgan fingerprint density at radius 1 is 1.39 bits per heavy atom. The first kappa shape index (κ1) is 16.8. The molecule has 0 saturated carbocycles. The number of carbonyl (C=O) groups excluding carboxylic acids is 2. The molecule has 0 spiro atoms. The van der Waals surface area contributed by atoms with Crippen LogP contribution in [0.25, 0.3) is 0 Å². The molecule has 1 atom stereocenters. The van der Waals surface area contributed by atoms with E-state index in [9.17, 15) is 9.59 Å². The molecule has 0 aromatic rings. The largest absolute Gasteiger partial charge is 0.464 e. The lowest BCUT2D eigenvalue weighted by Gasteiger charge is -2.22. The van der Waals surface area contributed by atoms with Crippen LogP contribution in [0.15, 0.2) is 0 Å². The van der Waals surface area contributed by atoms with E-state index in [1.807, 2.05) is 0 Å². The van der Waals surface area contributed by atoms with Crippen LogP contribution >= 0.6 is 15.9 Å². The first-order valence-corrected chi connectivity index (χ1v) is 6.34. The molecule has 0 aromatic heterocycles. The fourth-order valence-electron chi connectivity index (χ4n) is 1.03. The van der Waals surface area contributed by atoms with Gasteiger partial charge in [-0.3, -0.25) is 0 Å². The standard InChI is InChI=1S/C12H18BrNO4/c1-5-17-10(15)9(7-6-8-13)14-11(16)18-12(2,3)4/h9H,5,7H2,1-4H3,(H,14,16). The molecule has 0 aliphatic rings. The SMILES string of the molecule is CCOC(=O)C(CC#CBr)NC(=O)OC(C)(C)C. The zero-order valence-corrected chi connectivity index (χ0v) is 12.6. The maximum Gasteiger partial charge on any atom is 0.408 e. The van der Waals surface area contributed by atoms with Gasteiger partial charge in [-0.05, 0) is 32.5 Å². The summed E-state index contributed by atoms with van der Waals surface area (Å²) in [5, 5.41) is 2.43. The molecule has 5 nitrogen and oxygen atoms in total. The van der Waals surface area contributed by atoms with Crippen LogP contribution in [0, 0.1) is 10.8 Å². The van der Waals surface area contributed by atoms with Gasteiger partial charge in [-0.2, -0.15) is 0 Å². The summed E-state index contributed by atoms with van der Waals surface area (Å²) in [6.07, 6.45) is -0.513. The molecule has 18 heavy (non-hydrogen) atoms. The van der Waals surface area contributed by atoms with Crippen LogP contribution < -0.4 is 5.32 Å². The van der Waals surface area contributed by atoms with Crippen LogP contribution in [0.4, 0.5) is 4.79 Å². The van der Waals surface area contributed by atoms with E-state index in [1.165, 1.54) is 0 Å². The fourth-order valence-corrected chi connectivity index (χ4v) is 1.19. The van der Waals surface area contributed by atoms with Crippen molar-refractivity contribution in [3.63, 3.8) is 0 Å². The lowest BCUT2D eigenvalue weighted by molar-refractivity contribution is -0.145. The van der Waals surface area contributed by atoms with E-state index in [0.29, 0.717) is 0 Å². The summed E-state index contributed by atoms with van der Waals surface area (Å²) in [6, 6.07) is -0.829. The Labute approximate surface area is 116 Å². The maximum atomic E-state index is 11.6. The number of amides is 1. The van der Waals surface area contributed by atoms with E-state index in [0.717, 1.165) is 0 Å². The fraction of sp³-hybridized carbons (Fsp3) is 0.667. The third-order valence-electron chi connectivity index (χ3n) is 1.64. The first-order valence-electron chi connectivity index (χ1n) is 5.54. The predicted molar refractivity (Wildman–Crippen MR) is 71.1 cm³/mol. The highest BCUT2D eigenvalue weighted by Crippen LogP contribution is 2.07. The maximum absolute atomic E-state index is 11.6. The van der Waals surface area contributed by atoms with Crippen molar-refractivity contribution < 1.29 is 19.1 Å². The summed E-state index contributed by atoms with van der Waals surface area (Å²) < 4.78 is 9.90. The average Bonchev–Trinajstić information content (AvgIpc) is 2.21. The van der Waals surface area contributed by atoms with Gasteiger partial charge in [0.15, 0.2) is 0 Å². The van der Waals surface area contributed by atoms with E-state index in [4.69, 9.17) is 9.47 Å². The number of carbonyl (C=O) groups is 2. The molecule has 0 aliphatic carbocycles. The summed E-state index contributed by atoms with van der Waals surface area (Å²) in [5.41, 5.74) is -0.621. The van der Waals surface area contributed by atoms with Crippen LogP contribution in [-0.4, -0.2) is 30.3 Å². The Morgan fingerprint density at radius 2 is 2.00 bits per heavy atom. The zero-order valence-electron chi connectivity index (χ0n) is 11.0. The molecule has 6 heteroatoms. The Hall–Kier alpha value is -1.22. The van der Waals surface area contributed by atoms with Gasteiger partial charge in [0.25, 0.3) is 0 Å². The molecule has 0 fully saturated rings. The third-order valence-corrected chi connectivity index (χ3v) is 1.92. The Bertz CT molecular complexity index is 351. The molecule has 1 N–H and O–H groups in total. The van der Waals surface area contributed by atoms with Gasteiger partial charge in [0.2, 0.25) is 0 Å². The minimum absolute atomic E-state index is 0.156. The Kier molecular flexibility index (Phi) is 7.44. The van der Waals surface area contributed by atoms with Crippen LogP contribution in [-0.2, 0) is 14.3 Å². The van der Waals surface area contributed by atoms with Crippen molar-refractivity contribution in [2.24, 2.45) is 0 Å². The lowest BCUT2D eigenvalue weighted by atomic mass is 10.2. The van der Waals surface area contributed by atoms with Crippen LogP contribution in [0.2, 0.25) is 0 Å². The van der Waals surface area contributed by atoms with Crippen molar-refractivity contribution in [2.45, 2.75) is 45.8 Å². The second-order valence-electron chi connectivity index (χ2n) is 4.43. The van der Waals surface area contributed by atoms with E-state index >= 15 is 0 Å². The van der Waals surface area contributed by atoms with Gasteiger partial charge in [-0.15, -0.1) is 0 Å². The van der Waals surface area contributed by atoms with Crippen molar-refractivity contribution in [1.82, 2.24) is 5.32 Å². The van der Waals surface area contributed by atoms with Gasteiger partial charge in [-0.1, -0.05) is 5.92 Å². The van der Waals surface area contributed by atoms with Gasteiger partial charge in [0.1, 0.15) is 11.6 Å². The van der Waals surface area contributed by atoms with Crippen LogP contribution in [0.5, 0.6) is 0 Å². The molecule has 0 aliphatic heterocycles. The van der Waals surface area contributed by atoms with E-state index < -0.39 is 23.7 Å². The molecular weight excluding hydrogens is 302 g/mol. The summed E-state index contributed by atoms with van der Waals surface area (Å²) in [7, 11) is 0. The van der Waals surface area contributed by atoms with Crippen LogP contribution in [0.3, 0.4) is 0 Å². The molecule has 102 valence electrons. The number of nitrogens with one attached hydrogen (secondary N) is 1. The van der Waals surface area contributed by atoms with Gasteiger partial charge in [0, 0.05) is 22.4 Å². The highest BCUT2D eigenvalue weighted by atomic mass is 79.9. The summed E-state index contributed by atoms with van der Waals surface area (Å²) in [5.74, 6) is 2.12. The highest BCUT2D eigenvalue weighted by Gasteiger charge is 2.24. The Morgan fingerprint density at radius 3 is 2.44 bits per heavy atom. The van der Waals surface area contributed by atoms with Crippen molar-refractivity contribution in [3.8, 4) is 10.8 Å². The molecule has 0 heterocycles. The van der Waals surface area contributed by atoms with Crippen molar-refractivity contribution in [2.75, 3.05) is 6.61 Å². The van der Waals surface area contributed by atoms with Gasteiger partial charge >= 0.3 is 12.1 Å². The normalized spacial score (nSPS) is 11.8. The third kappa shape index (κ3) is 7.96.